The lowest BCUT2D eigenvalue weighted by atomic mass is 9.93. The first kappa shape index (κ1) is 11.6. The summed E-state index contributed by atoms with van der Waals surface area (Å²) < 4.78 is 0. The number of hydrogen-bond donors (Lipinski definition) is 1. The Kier molecular flexibility index (Phi) is 3.64. The van der Waals surface area contributed by atoms with Crippen LogP contribution in [-0.2, 0) is 4.79 Å². The van der Waals surface area contributed by atoms with E-state index in [4.69, 9.17) is 5.73 Å². The molecule has 0 aromatic rings. The Balaban J connectivity index is 2.05. The van der Waals surface area contributed by atoms with Crippen LogP contribution in [0.15, 0.2) is 12.2 Å². The van der Waals surface area contributed by atoms with Crippen molar-refractivity contribution < 1.29 is 4.79 Å². The average Bonchev–Trinajstić information content (AvgIpc) is 2.81. The molecule has 3 nitrogen and oxygen atoms in total. The van der Waals surface area contributed by atoms with E-state index >= 15 is 0 Å². The van der Waals surface area contributed by atoms with Gasteiger partial charge in [-0.25, -0.2) is 0 Å². The van der Waals surface area contributed by atoms with Gasteiger partial charge in [0.2, 0.25) is 5.91 Å². The number of rotatable bonds is 2. The number of piperidine rings is 1. The van der Waals surface area contributed by atoms with Gasteiger partial charge in [0, 0.05) is 24.5 Å². The Bertz CT molecular complexity index is 280. The third-order valence-corrected chi connectivity index (χ3v) is 3.91. The molecule has 0 bridgehead atoms. The first-order valence-electron chi connectivity index (χ1n) is 6.41. The molecule has 2 rings (SSSR count). The molecule has 90 valence electrons. The fourth-order valence-electron chi connectivity index (χ4n) is 2.95. The molecule has 0 spiro atoms. The Labute approximate surface area is 97.7 Å². The highest BCUT2D eigenvalue weighted by atomic mass is 16.2. The van der Waals surface area contributed by atoms with E-state index in [1.54, 1.807) is 0 Å². The summed E-state index contributed by atoms with van der Waals surface area (Å²) in [6.45, 7) is 2.76. The molecule has 1 aliphatic heterocycles. The lowest BCUT2D eigenvalue weighted by Gasteiger charge is -2.41. The number of nitrogens with two attached hydrogens (primary N) is 1. The summed E-state index contributed by atoms with van der Waals surface area (Å²) >= 11 is 0. The molecule has 3 heteroatoms. The summed E-state index contributed by atoms with van der Waals surface area (Å²) in [5.74, 6) is 0.516. The lowest BCUT2D eigenvalue weighted by Crippen LogP contribution is -2.53. The number of carbonyl (C=O) groups excluding carboxylic acids is 1. The maximum absolute atomic E-state index is 12.4. The molecule has 1 amide bonds. The van der Waals surface area contributed by atoms with Crippen LogP contribution in [0.5, 0.6) is 0 Å². The van der Waals surface area contributed by atoms with E-state index in [9.17, 15) is 4.79 Å². The lowest BCUT2D eigenvalue weighted by molar-refractivity contribution is -0.141. The largest absolute Gasteiger partial charge is 0.335 e. The molecule has 1 aliphatic carbocycles. The molecule has 2 N–H and O–H groups in total. The second kappa shape index (κ2) is 5.00. The molecule has 1 fully saturated rings. The number of hydrogen-bond acceptors (Lipinski definition) is 2. The highest BCUT2D eigenvalue weighted by molar-refractivity contribution is 5.80. The first-order valence-corrected chi connectivity index (χ1v) is 6.41. The van der Waals surface area contributed by atoms with E-state index < -0.39 is 0 Å². The van der Waals surface area contributed by atoms with E-state index in [0.29, 0.717) is 18.5 Å². The summed E-state index contributed by atoms with van der Waals surface area (Å²) in [6.07, 6.45) is 9.48. The van der Waals surface area contributed by atoms with E-state index in [1.165, 1.54) is 6.42 Å². The van der Waals surface area contributed by atoms with Crippen molar-refractivity contribution in [2.24, 2.45) is 11.7 Å². The number of amides is 1. The topological polar surface area (TPSA) is 46.3 Å². The fourth-order valence-corrected chi connectivity index (χ4v) is 2.95. The average molecular weight is 222 g/mol. The molecule has 0 radical (unpaired) electrons. The van der Waals surface area contributed by atoms with Gasteiger partial charge < -0.3 is 10.6 Å². The van der Waals surface area contributed by atoms with Crippen LogP contribution < -0.4 is 5.73 Å². The fraction of sp³-hybridized carbons (Fsp3) is 0.769. The molecule has 0 aromatic carbocycles. The second-order valence-corrected chi connectivity index (χ2v) is 5.05. The number of carbonyl (C=O) groups is 1. The summed E-state index contributed by atoms with van der Waals surface area (Å²) in [4.78, 5) is 14.5. The Hall–Kier alpha value is -0.830. The van der Waals surface area contributed by atoms with Crippen molar-refractivity contribution >= 4 is 5.91 Å². The molecule has 1 heterocycles. The quantitative estimate of drug-likeness (QED) is 0.723. The van der Waals surface area contributed by atoms with E-state index in [-0.39, 0.29) is 12.0 Å². The van der Waals surface area contributed by atoms with Crippen molar-refractivity contribution in [3.05, 3.63) is 12.2 Å². The number of nitrogens with zero attached hydrogens (tertiary/aromatic N) is 1. The first-order chi connectivity index (χ1) is 7.74. The Morgan fingerprint density at radius 2 is 2.06 bits per heavy atom. The zero-order chi connectivity index (χ0) is 11.5. The van der Waals surface area contributed by atoms with Crippen LogP contribution in [0.4, 0.5) is 0 Å². The highest BCUT2D eigenvalue weighted by Gasteiger charge is 2.34. The van der Waals surface area contributed by atoms with Gasteiger partial charge in [-0.2, -0.15) is 0 Å². The van der Waals surface area contributed by atoms with Crippen molar-refractivity contribution in [2.75, 3.05) is 6.54 Å². The number of likely N-dealkylation sites (tertiary alicyclic amines) is 1. The summed E-state index contributed by atoms with van der Waals surface area (Å²) in [6, 6.07) is 0.646. The molecular formula is C13H22N2O. The Morgan fingerprint density at radius 1 is 1.38 bits per heavy atom. The van der Waals surface area contributed by atoms with Gasteiger partial charge in [-0.3, -0.25) is 4.79 Å². The van der Waals surface area contributed by atoms with Crippen molar-refractivity contribution in [3.63, 3.8) is 0 Å². The van der Waals surface area contributed by atoms with Gasteiger partial charge >= 0.3 is 0 Å². The van der Waals surface area contributed by atoms with Crippen LogP contribution in [-0.4, -0.2) is 29.4 Å². The van der Waals surface area contributed by atoms with Crippen molar-refractivity contribution in [1.29, 1.82) is 0 Å². The minimum absolute atomic E-state index is 0.189. The highest BCUT2D eigenvalue weighted by Crippen LogP contribution is 2.28. The van der Waals surface area contributed by atoms with Gasteiger partial charge in [0.1, 0.15) is 0 Å². The minimum atomic E-state index is 0.189. The minimum Gasteiger partial charge on any atom is -0.335 e. The zero-order valence-corrected chi connectivity index (χ0v) is 10.1. The van der Waals surface area contributed by atoms with Gasteiger partial charge in [-0.15, -0.1) is 0 Å². The van der Waals surface area contributed by atoms with E-state index in [2.05, 4.69) is 24.0 Å². The monoisotopic (exact) mass is 222 g/mol. The molecule has 1 saturated heterocycles. The predicted octanol–water partition coefficient (Wildman–Crippen LogP) is 1.68. The second-order valence-electron chi connectivity index (χ2n) is 5.05. The molecule has 16 heavy (non-hydrogen) atoms. The van der Waals surface area contributed by atoms with E-state index in [1.807, 2.05) is 0 Å². The molecule has 2 unspecified atom stereocenters. The maximum Gasteiger partial charge on any atom is 0.226 e. The SMILES string of the molecule is CC1CCCC(CN)N1C(=O)C1CC=CC1. The third kappa shape index (κ3) is 2.14. The van der Waals surface area contributed by atoms with Crippen LogP contribution in [0, 0.1) is 5.92 Å². The van der Waals surface area contributed by atoms with Gasteiger partial charge in [0.25, 0.3) is 0 Å². The summed E-state index contributed by atoms with van der Waals surface area (Å²) in [5, 5.41) is 0. The van der Waals surface area contributed by atoms with Gasteiger partial charge in [-0.1, -0.05) is 12.2 Å². The van der Waals surface area contributed by atoms with Crippen LogP contribution in [0.2, 0.25) is 0 Å². The smallest absolute Gasteiger partial charge is 0.226 e. The molecular weight excluding hydrogens is 200 g/mol. The molecule has 2 atom stereocenters. The van der Waals surface area contributed by atoms with Gasteiger partial charge in [-0.05, 0) is 39.0 Å². The van der Waals surface area contributed by atoms with Crippen molar-refractivity contribution in [3.8, 4) is 0 Å². The van der Waals surface area contributed by atoms with Crippen molar-refractivity contribution in [2.45, 2.75) is 51.1 Å². The standard InChI is InChI=1S/C13H22N2O/c1-10-5-4-8-12(9-14)15(10)13(16)11-6-2-3-7-11/h2-3,10-12H,4-9,14H2,1H3. The molecule has 2 aliphatic rings. The summed E-state index contributed by atoms with van der Waals surface area (Å²) in [7, 11) is 0. The van der Waals surface area contributed by atoms with Crippen LogP contribution >= 0.6 is 0 Å². The van der Waals surface area contributed by atoms with Crippen molar-refractivity contribution in [1.82, 2.24) is 4.90 Å². The van der Waals surface area contributed by atoms with Gasteiger partial charge in [0.15, 0.2) is 0 Å². The zero-order valence-electron chi connectivity index (χ0n) is 10.1. The van der Waals surface area contributed by atoms with E-state index in [0.717, 1.165) is 25.7 Å². The van der Waals surface area contributed by atoms with Crippen LogP contribution in [0.1, 0.15) is 39.0 Å². The van der Waals surface area contributed by atoms with Crippen LogP contribution in [0.3, 0.4) is 0 Å². The number of allylic oxidation sites excluding steroid dienone is 2. The Morgan fingerprint density at radius 3 is 2.69 bits per heavy atom. The van der Waals surface area contributed by atoms with Crippen LogP contribution in [0.25, 0.3) is 0 Å². The molecule has 0 saturated carbocycles. The molecule has 0 aromatic heterocycles. The van der Waals surface area contributed by atoms with Gasteiger partial charge in [0.05, 0.1) is 0 Å². The normalized spacial score (nSPS) is 31.0. The summed E-state index contributed by atoms with van der Waals surface area (Å²) in [5.41, 5.74) is 5.78. The third-order valence-electron chi connectivity index (χ3n) is 3.91. The predicted molar refractivity (Wildman–Crippen MR) is 64.9 cm³/mol. The maximum atomic E-state index is 12.4.